The third kappa shape index (κ3) is 11.1. The number of rotatable bonds is 13. The van der Waals surface area contributed by atoms with Gasteiger partial charge in [0, 0.05) is 18.5 Å². The van der Waals surface area contributed by atoms with Gasteiger partial charge in [0.15, 0.2) is 0 Å². The Labute approximate surface area is 182 Å². The number of methoxy groups -OCH3 is 1. The van der Waals surface area contributed by atoms with Crippen LogP contribution in [0.1, 0.15) is 51.5 Å². The van der Waals surface area contributed by atoms with Gasteiger partial charge in [0.05, 0.1) is 20.3 Å². The van der Waals surface area contributed by atoms with Crippen LogP contribution in [-0.4, -0.2) is 48.5 Å². The van der Waals surface area contributed by atoms with E-state index in [0.717, 1.165) is 5.56 Å². The molecule has 0 spiro atoms. The second-order valence-corrected chi connectivity index (χ2v) is 7.65. The van der Waals surface area contributed by atoms with Gasteiger partial charge in [-0.1, -0.05) is 26.0 Å². The molecule has 172 valence electrons. The molecule has 0 bridgehead atoms. The van der Waals surface area contributed by atoms with Crippen LogP contribution in [0.25, 0.3) is 0 Å². The van der Waals surface area contributed by atoms with Gasteiger partial charge in [-0.15, -0.1) is 0 Å². The van der Waals surface area contributed by atoms with Gasteiger partial charge < -0.3 is 25.8 Å². The molecule has 0 radical (unpaired) electrons. The number of benzene rings is 1. The summed E-state index contributed by atoms with van der Waals surface area (Å²) < 4.78 is 4.56. The van der Waals surface area contributed by atoms with Crippen molar-refractivity contribution in [2.75, 3.05) is 19.0 Å². The molecule has 0 aromatic heterocycles. The van der Waals surface area contributed by atoms with E-state index in [4.69, 9.17) is 5.11 Å². The van der Waals surface area contributed by atoms with Crippen molar-refractivity contribution in [3.8, 4) is 0 Å². The Hall–Kier alpha value is -2.94. The topological polar surface area (TPSA) is 134 Å². The number of unbranched alkanes of at least 4 members (excludes halogenated alkanes) is 1. The van der Waals surface area contributed by atoms with Crippen molar-refractivity contribution in [2.45, 2.75) is 58.6 Å². The summed E-state index contributed by atoms with van der Waals surface area (Å²) in [5.74, 6) is -1.27. The second kappa shape index (κ2) is 14.1. The number of hydrogen-bond donors (Lipinski definition) is 4. The summed E-state index contributed by atoms with van der Waals surface area (Å²) in [6.45, 7) is 3.56. The summed E-state index contributed by atoms with van der Waals surface area (Å²) in [7, 11) is 1.32. The molecule has 0 heterocycles. The molecule has 0 aliphatic carbocycles. The molecule has 0 saturated carbocycles. The molecule has 3 amide bonds. The van der Waals surface area contributed by atoms with Crippen LogP contribution in [0.4, 0.5) is 5.69 Å². The van der Waals surface area contributed by atoms with E-state index in [2.05, 4.69) is 20.7 Å². The van der Waals surface area contributed by atoms with Gasteiger partial charge in [-0.25, -0.2) is 0 Å². The zero-order valence-corrected chi connectivity index (χ0v) is 18.4. The van der Waals surface area contributed by atoms with E-state index in [0.29, 0.717) is 24.9 Å². The van der Waals surface area contributed by atoms with Crippen LogP contribution < -0.4 is 16.0 Å². The van der Waals surface area contributed by atoms with Crippen molar-refractivity contribution in [2.24, 2.45) is 5.92 Å². The third-order valence-electron chi connectivity index (χ3n) is 4.46. The lowest BCUT2D eigenvalue weighted by Gasteiger charge is -2.20. The molecule has 0 aliphatic heterocycles. The summed E-state index contributed by atoms with van der Waals surface area (Å²) >= 11 is 0. The van der Waals surface area contributed by atoms with Gasteiger partial charge in [0.1, 0.15) is 6.04 Å². The molecular formula is C22H33N3O6. The number of carbonyl (C=O) groups excluding carboxylic acids is 4. The number of nitrogens with one attached hydrogen (secondary N) is 3. The highest BCUT2D eigenvalue weighted by Crippen LogP contribution is 2.10. The summed E-state index contributed by atoms with van der Waals surface area (Å²) in [6.07, 6.45) is 1.92. The Morgan fingerprint density at radius 2 is 1.65 bits per heavy atom. The van der Waals surface area contributed by atoms with Gasteiger partial charge in [0.2, 0.25) is 17.7 Å². The first-order valence-electron chi connectivity index (χ1n) is 10.4. The lowest BCUT2D eigenvalue weighted by Crippen LogP contribution is -2.48. The van der Waals surface area contributed by atoms with Crippen LogP contribution in [-0.2, 0) is 30.5 Å². The summed E-state index contributed by atoms with van der Waals surface area (Å²) in [5.41, 5.74) is 1.28. The molecule has 1 aromatic carbocycles. The van der Waals surface area contributed by atoms with E-state index in [1.807, 2.05) is 13.8 Å². The first-order valence-corrected chi connectivity index (χ1v) is 10.4. The largest absolute Gasteiger partial charge is 0.469 e. The molecule has 1 unspecified atom stereocenters. The first kappa shape index (κ1) is 26.1. The zero-order chi connectivity index (χ0) is 23.2. The van der Waals surface area contributed by atoms with Gasteiger partial charge in [-0.3, -0.25) is 19.2 Å². The third-order valence-corrected chi connectivity index (χ3v) is 4.46. The minimum atomic E-state index is -0.746. The van der Waals surface area contributed by atoms with Crippen molar-refractivity contribution in [3.05, 3.63) is 29.8 Å². The van der Waals surface area contributed by atoms with Gasteiger partial charge in [-0.2, -0.15) is 0 Å². The highest BCUT2D eigenvalue weighted by atomic mass is 16.5. The summed E-state index contributed by atoms with van der Waals surface area (Å²) in [5, 5.41) is 17.0. The Bertz CT molecular complexity index is 733. The molecule has 9 nitrogen and oxygen atoms in total. The molecule has 4 N–H and O–H groups in total. The number of carbonyl (C=O) groups is 4. The second-order valence-electron chi connectivity index (χ2n) is 7.65. The van der Waals surface area contributed by atoms with E-state index < -0.39 is 17.9 Å². The number of aliphatic hydroxyl groups excluding tert-OH is 1. The quantitative estimate of drug-likeness (QED) is 0.274. The van der Waals surface area contributed by atoms with Crippen molar-refractivity contribution >= 4 is 29.4 Å². The minimum absolute atomic E-state index is 0.0848. The van der Waals surface area contributed by atoms with Crippen LogP contribution in [0.5, 0.6) is 0 Å². The van der Waals surface area contributed by atoms with Gasteiger partial charge in [0.25, 0.3) is 0 Å². The molecular weight excluding hydrogens is 402 g/mol. The minimum Gasteiger partial charge on any atom is -0.469 e. The van der Waals surface area contributed by atoms with E-state index in [9.17, 15) is 19.2 Å². The first-order chi connectivity index (χ1) is 14.7. The fourth-order valence-corrected chi connectivity index (χ4v) is 2.82. The summed E-state index contributed by atoms with van der Waals surface area (Å²) in [6, 6.07) is 5.95. The predicted molar refractivity (Wildman–Crippen MR) is 116 cm³/mol. The average molecular weight is 436 g/mol. The standard InChI is InChI=1S/C22H33N3O6/c1-15(2)12-18(25-19(27)6-4-5-7-21(29)31-3)22(30)23-13-20(28)24-17-10-8-16(14-26)9-11-17/h8-11,15,18,26H,4-7,12-14H2,1-3H3,(H,23,30)(H,24,28)(H,25,27). The number of amides is 3. The Balaban J connectivity index is 2.48. The highest BCUT2D eigenvalue weighted by Gasteiger charge is 2.22. The van der Waals surface area contributed by atoms with Crippen molar-refractivity contribution in [1.82, 2.24) is 10.6 Å². The Morgan fingerprint density at radius 3 is 2.23 bits per heavy atom. The molecule has 0 aliphatic rings. The monoisotopic (exact) mass is 435 g/mol. The number of esters is 1. The maximum absolute atomic E-state index is 12.5. The predicted octanol–water partition coefficient (Wildman–Crippen LogP) is 1.50. The number of ether oxygens (including phenoxy) is 1. The van der Waals surface area contributed by atoms with E-state index >= 15 is 0 Å². The number of aliphatic hydroxyl groups is 1. The molecule has 0 fully saturated rings. The molecule has 1 rings (SSSR count). The van der Waals surface area contributed by atoms with Crippen LogP contribution >= 0.6 is 0 Å². The molecule has 31 heavy (non-hydrogen) atoms. The Morgan fingerprint density at radius 1 is 1.00 bits per heavy atom. The maximum Gasteiger partial charge on any atom is 0.305 e. The normalized spacial score (nSPS) is 11.5. The van der Waals surface area contributed by atoms with Crippen LogP contribution in [0, 0.1) is 5.92 Å². The van der Waals surface area contributed by atoms with Crippen LogP contribution in [0.3, 0.4) is 0 Å². The summed E-state index contributed by atoms with van der Waals surface area (Å²) in [4.78, 5) is 47.9. The fraction of sp³-hybridized carbons (Fsp3) is 0.545. The maximum atomic E-state index is 12.5. The molecule has 9 heteroatoms. The van der Waals surface area contributed by atoms with Crippen molar-refractivity contribution in [3.63, 3.8) is 0 Å². The van der Waals surface area contributed by atoms with Crippen LogP contribution in [0.2, 0.25) is 0 Å². The average Bonchev–Trinajstić information content (AvgIpc) is 2.74. The van der Waals surface area contributed by atoms with Gasteiger partial charge >= 0.3 is 5.97 Å². The zero-order valence-electron chi connectivity index (χ0n) is 18.4. The van der Waals surface area contributed by atoms with E-state index in [-0.39, 0.29) is 43.8 Å². The molecule has 1 atom stereocenters. The van der Waals surface area contributed by atoms with Crippen molar-refractivity contribution < 1.29 is 29.0 Å². The molecule has 1 aromatic rings. The lowest BCUT2D eigenvalue weighted by atomic mass is 10.0. The fourth-order valence-electron chi connectivity index (χ4n) is 2.82. The smallest absolute Gasteiger partial charge is 0.305 e. The van der Waals surface area contributed by atoms with Crippen molar-refractivity contribution in [1.29, 1.82) is 0 Å². The molecule has 0 saturated heterocycles. The highest BCUT2D eigenvalue weighted by molar-refractivity contribution is 5.96. The SMILES string of the molecule is COC(=O)CCCCC(=O)NC(CC(C)C)C(=O)NCC(=O)Nc1ccc(CO)cc1. The Kier molecular flexibility index (Phi) is 11.9. The van der Waals surface area contributed by atoms with Gasteiger partial charge in [-0.05, 0) is 42.9 Å². The number of hydrogen-bond acceptors (Lipinski definition) is 6. The number of anilines is 1. The van der Waals surface area contributed by atoms with E-state index in [1.54, 1.807) is 24.3 Å². The van der Waals surface area contributed by atoms with Crippen LogP contribution in [0.15, 0.2) is 24.3 Å². The van der Waals surface area contributed by atoms with E-state index in [1.165, 1.54) is 7.11 Å². The lowest BCUT2D eigenvalue weighted by molar-refractivity contribution is -0.140.